The van der Waals surface area contributed by atoms with Gasteiger partial charge in [0, 0.05) is 18.2 Å². The van der Waals surface area contributed by atoms with Gasteiger partial charge in [0.2, 0.25) is 11.7 Å². The van der Waals surface area contributed by atoms with Gasteiger partial charge in [-0.05, 0) is 40.2 Å². The SMILES string of the molecule is Cc1noc(C)c1C(C)c1nc(C2CN3CCCC3CO2)no1. The monoisotopic (exact) mass is 318 g/mol. The zero-order valence-electron chi connectivity index (χ0n) is 13.8. The number of rotatable bonds is 3. The van der Waals surface area contributed by atoms with E-state index in [0.29, 0.717) is 17.8 Å². The van der Waals surface area contributed by atoms with Crippen LogP contribution in [0.1, 0.15) is 60.5 Å². The average molecular weight is 318 g/mol. The summed E-state index contributed by atoms with van der Waals surface area (Å²) in [6, 6.07) is 0.568. The number of nitrogens with zero attached hydrogens (tertiary/aromatic N) is 4. The molecule has 0 bridgehead atoms. The lowest BCUT2D eigenvalue weighted by molar-refractivity contribution is -0.0548. The highest BCUT2D eigenvalue weighted by Gasteiger charge is 2.35. The molecule has 7 heteroatoms. The average Bonchev–Trinajstić information content (AvgIpc) is 3.26. The Labute approximate surface area is 135 Å². The standard InChI is InChI=1S/C16H22N4O3/c1-9(14-10(2)18-22-11(14)3)16-17-15(19-23-16)13-7-20-6-4-5-12(20)8-21-13/h9,12-13H,4-8H2,1-3H3. The molecule has 2 saturated heterocycles. The van der Waals surface area contributed by atoms with Crippen LogP contribution in [-0.2, 0) is 4.74 Å². The number of fused-ring (bicyclic) bond motifs is 1. The van der Waals surface area contributed by atoms with Crippen molar-refractivity contribution < 1.29 is 13.8 Å². The van der Waals surface area contributed by atoms with Gasteiger partial charge in [-0.3, -0.25) is 4.90 Å². The van der Waals surface area contributed by atoms with Crippen LogP contribution in [-0.4, -0.2) is 45.9 Å². The van der Waals surface area contributed by atoms with E-state index in [1.165, 1.54) is 12.8 Å². The van der Waals surface area contributed by atoms with Crippen molar-refractivity contribution >= 4 is 0 Å². The van der Waals surface area contributed by atoms with E-state index >= 15 is 0 Å². The molecule has 0 saturated carbocycles. The van der Waals surface area contributed by atoms with E-state index < -0.39 is 0 Å². The number of aromatic nitrogens is 3. The van der Waals surface area contributed by atoms with Crippen LogP contribution in [0.25, 0.3) is 0 Å². The molecule has 2 aromatic heterocycles. The number of hydrogen-bond donors (Lipinski definition) is 0. The van der Waals surface area contributed by atoms with Crippen molar-refractivity contribution in [1.82, 2.24) is 20.2 Å². The van der Waals surface area contributed by atoms with Gasteiger partial charge in [-0.1, -0.05) is 10.3 Å². The Bertz CT molecular complexity index is 676. The van der Waals surface area contributed by atoms with Crippen LogP contribution in [0.5, 0.6) is 0 Å². The van der Waals surface area contributed by atoms with Crippen molar-refractivity contribution in [3.8, 4) is 0 Å². The van der Waals surface area contributed by atoms with E-state index in [1.54, 1.807) is 0 Å². The molecule has 2 aromatic rings. The van der Waals surface area contributed by atoms with Gasteiger partial charge in [-0.2, -0.15) is 4.98 Å². The minimum absolute atomic E-state index is 0.0365. The highest BCUT2D eigenvalue weighted by Crippen LogP contribution is 2.32. The second kappa shape index (κ2) is 5.72. The summed E-state index contributed by atoms with van der Waals surface area (Å²) in [6.07, 6.45) is 2.38. The van der Waals surface area contributed by atoms with Crippen molar-refractivity contribution in [1.29, 1.82) is 0 Å². The summed E-state index contributed by atoms with van der Waals surface area (Å²) < 4.78 is 16.7. The van der Waals surface area contributed by atoms with Gasteiger partial charge in [-0.25, -0.2) is 0 Å². The summed E-state index contributed by atoms with van der Waals surface area (Å²) in [4.78, 5) is 7.06. The highest BCUT2D eigenvalue weighted by atomic mass is 16.5. The molecule has 0 radical (unpaired) electrons. The maximum atomic E-state index is 5.95. The van der Waals surface area contributed by atoms with Gasteiger partial charge in [0.1, 0.15) is 11.9 Å². The van der Waals surface area contributed by atoms with E-state index in [4.69, 9.17) is 13.8 Å². The van der Waals surface area contributed by atoms with E-state index in [2.05, 4.69) is 20.2 Å². The topological polar surface area (TPSA) is 77.4 Å². The zero-order chi connectivity index (χ0) is 16.0. The number of aryl methyl sites for hydroxylation is 2. The molecule has 0 amide bonds. The van der Waals surface area contributed by atoms with Crippen molar-refractivity contribution in [2.45, 2.75) is 51.7 Å². The fraction of sp³-hybridized carbons (Fsp3) is 0.688. The van der Waals surface area contributed by atoms with Crippen LogP contribution >= 0.6 is 0 Å². The maximum absolute atomic E-state index is 5.95. The lowest BCUT2D eigenvalue weighted by Gasteiger charge is -2.33. The van der Waals surface area contributed by atoms with Crippen molar-refractivity contribution in [2.24, 2.45) is 0 Å². The van der Waals surface area contributed by atoms with Crippen LogP contribution in [0.15, 0.2) is 9.05 Å². The molecular formula is C16H22N4O3. The third-order valence-electron chi connectivity index (χ3n) is 5.03. The smallest absolute Gasteiger partial charge is 0.234 e. The summed E-state index contributed by atoms with van der Waals surface area (Å²) in [5.74, 6) is 1.99. The van der Waals surface area contributed by atoms with Crippen LogP contribution in [0.2, 0.25) is 0 Å². The van der Waals surface area contributed by atoms with Gasteiger partial charge in [0.15, 0.2) is 0 Å². The molecule has 0 N–H and O–H groups in total. The minimum atomic E-state index is -0.0984. The Morgan fingerprint density at radius 1 is 1.22 bits per heavy atom. The predicted octanol–water partition coefficient (Wildman–Crippen LogP) is 2.36. The summed E-state index contributed by atoms with van der Waals surface area (Å²) in [5, 5.41) is 8.15. The van der Waals surface area contributed by atoms with Crippen molar-refractivity contribution in [3.05, 3.63) is 28.7 Å². The Kier molecular flexibility index (Phi) is 3.69. The first kappa shape index (κ1) is 14.8. The Morgan fingerprint density at radius 3 is 2.87 bits per heavy atom. The van der Waals surface area contributed by atoms with Gasteiger partial charge in [0.05, 0.1) is 18.2 Å². The maximum Gasteiger partial charge on any atom is 0.234 e. The number of ether oxygens (including phenoxy) is 1. The summed E-state index contributed by atoms with van der Waals surface area (Å²) in [6.45, 7) is 8.61. The summed E-state index contributed by atoms with van der Waals surface area (Å²) in [5.41, 5.74) is 1.88. The number of morpholine rings is 1. The second-order valence-corrected chi connectivity index (χ2v) is 6.56. The second-order valence-electron chi connectivity index (χ2n) is 6.56. The fourth-order valence-corrected chi connectivity index (χ4v) is 3.76. The quantitative estimate of drug-likeness (QED) is 0.859. The Hall–Kier alpha value is -1.73. The van der Waals surface area contributed by atoms with E-state index in [1.807, 2.05) is 20.8 Å². The molecule has 0 spiro atoms. The zero-order valence-corrected chi connectivity index (χ0v) is 13.8. The molecule has 7 nitrogen and oxygen atoms in total. The minimum Gasteiger partial charge on any atom is -0.367 e. The van der Waals surface area contributed by atoms with Gasteiger partial charge in [-0.15, -0.1) is 0 Å². The largest absolute Gasteiger partial charge is 0.367 e. The van der Waals surface area contributed by atoms with Gasteiger partial charge >= 0.3 is 0 Å². The van der Waals surface area contributed by atoms with Crippen LogP contribution < -0.4 is 0 Å². The highest BCUT2D eigenvalue weighted by molar-refractivity contribution is 5.29. The molecule has 2 fully saturated rings. The van der Waals surface area contributed by atoms with Gasteiger partial charge < -0.3 is 13.8 Å². The van der Waals surface area contributed by atoms with Gasteiger partial charge in [0.25, 0.3) is 0 Å². The molecule has 3 atom stereocenters. The van der Waals surface area contributed by atoms with Crippen LogP contribution in [0.4, 0.5) is 0 Å². The lowest BCUT2D eigenvalue weighted by atomic mass is 9.99. The third kappa shape index (κ3) is 2.57. The molecule has 23 heavy (non-hydrogen) atoms. The molecule has 0 aromatic carbocycles. The third-order valence-corrected chi connectivity index (χ3v) is 5.03. The molecule has 4 heterocycles. The lowest BCUT2D eigenvalue weighted by Crippen LogP contribution is -2.42. The molecule has 0 aliphatic carbocycles. The normalized spacial score (nSPS) is 26.4. The Morgan fingerprint density at radius 2 is 2.09 bits per heavy atom. The van der Waals surface area contributed by atoms with E-state index in [0.717, 1.165) is 36.7 Å². The van der Waals surface area contributed by atoms with Crippen molar-refractivity contribution in [3.63, 3.8) is 0 Å². The molecular weight excluding hydrogens is 296 g/mol. The first-order valence-electron chi connectivity index (χ1n) is 8.25. The molecule has 3 unspecified atom stereocenters. The van der Waals surface area contributed by atoms with E-state index in [-0.39, 0.29) is 12.0 Å². The van der Waals surface area contributed by atoms with Crippen LogP contribution in [0, 0.1) is 13.8 Å². The van der Waals surface area contributed by atoms with Crippen LogP contribution in [0.3, 0.4) is 0 Å². The fourth-order valence-electron chi connectivity index (χ4n) is 3.76. The van der Waals surface area contributed by atoms with Crippen molar-refractivity contribution in [2.75, 3.05) is 19.7 Å². The molecule has 124 valence electrons. The summed E-state index contributed by atoms with van der Waals surface area (Å²) >= 11 is 0. The molecule has 2 aliphatic rings. The summed E-state index contributed by atoms with van der Waals surface area (Å²) in [7, 11) is 0. The molecule has 4 rings (SSSR count). The molecule has 2 aliphatic heterocycles. The first-order valence-corrected chi connectivity index (χ1v) is 8.25. The Balaban J connectivity index is 1.53. The number of hydrogen-bond acceptors (Lipinski definition) is 7. The predicted molar refractivity (Wildman–Crippen MR) is 81.1 cm³/mol. The first-order chi connectivity index (χ1) is 11.1. The van der Waals surface area contributed by atoms with E-state index in [9.17, 15) is 0 Å².